The van der Waals surface area contributed by atoms with Crippen LogP contribution in [0.25, 0.3) is 0 Å². The molecule has 0 unspecified atom stereocenters. The van der Waals surface area contributed by atoms with Crippen LogP contribution in [0.4, 0.5) is 10.2 Å². The summed E-state index contributed by atoms with van der Waals surface area (Å²) in [5, 5.41) is 8.84. The normalized spacial score (nSPS) is 10.3. The molecule has 20 heavy (non-hydrogen) atoms. The smallest absolute Gasteiger partial charge is 0.254 e. The summed E-state index contributed by atoms with van der Waals surface area (Å²) in [5.74, 6) is -0.474. The zero-order valence-electron chi connectivity index (χ0n) is 11.1. The van der Waals surface area contributed by atoms with Crippen molar-refractivity contribution in [3.8, 4) is 0 Å². The Morgan fingerprint density at radius 3 is 2.95 bits per heavy atom. The first kappa shape index (κ1) is 13.9. The summed E-state index contributed by atoms with van der Waals surface area (Å²) < 4.78 is 18.9. The van der Waals surface area contributed by atoms with Crippen molar-refractivity contribution in [2.45, 2.75) is 20.4 Å². The number of pyridine rings is 1. The molecule has 2 N–H and O–H groups in total. The van der Waals surface area contributed by atoms with Gasteiger partial charge in [0.1, 0.15) is 0 Å². The minimum absolute atomic E-state index is 0.0397. The van der Waals surface area contributed by atoms with E-state index in [1.165, 1.54) is 12.3 Å². The minimum Gasteiger partial charge on any atom is -0.368 e. The minimum atomic E-state index is -0.687. The third-order valence-corrected chi connectivity index (χ3v) is 2.45. The van der Waals surface area contributed by atoms with Crippen LogP contribution < -0.4 is 10.6 Å². The molecule has 0 bridgehead atoms. The molecule has 0 aliphatic carbocycles. The van der Waals surface area contributed by atoms with Crippen molar-refractivity contribution in [3.05, 3.63) is 35.4 Å². The van der Waals surface area contributed by atoms with Gasteiger partial charge in [0, 0.05) is 12.7 Å². The molecule has 0 atom stereocenters. The summed E-state index contributed by atoms with van der Waals surface area (Å²) in [6, 6.07) is 1.31. The van der Waals surface area contributed by atoms with Gasteiger partial charge in [-0.15, -0.1) is 0 Å². The summed E-state index contributed by atoms with van der Waals surface area (Å²) in [7, 11) is 0. The van der Waals surface area contributed by atoms with Gasteiger partial charge in [-0.3, -0.25) is 4.79 Å². The Morgan fingerprint density at radius 2 is 2.30 bits per heavy atom. The fourth-order valence-corrected chi connectivity index (χ4v) is 1.57. The van der Waals surface area contributed by atoms with Crippen LogP contribution in [0, 0.1) is 12.7 Å². The van der Waals surface area contributed by atoms with Crippen LogP contribution in [-0.2, 0) is 6.54 Å². The first-order chi connectivity index (χ1) is 9.61. The highest BCUT2D eigenvalue weighted by atomic mass is 19.1. The molecular formula is C12H14FN5O2. The molecule has 7 nitrogen and oxygen atoms in total. The lowest BCUT2D eigenvalue weighted by atomic mass is 10.2. The first-order valence-corrected chi connectivity index (χ1v) is 6.07. The van der Waals surface area contributed by atoms with E-state index in [0.717, 1.165) is 0 Å². The maximum absolute atomic E-state index is 14.0. The van der Waals surface area contributed by atoms with Crippen molar-refractivity contribution in [1.82, 2.24) is 20.4 Å². The number of hydrogen-bond donors (Lipinski definition) is 2. The summed E-state index contributed by atoms with van der Waals surface area (Å²) in [6.07, 6.45) is 1.37. The predicted molar refractivity (Wildman–Crippen MR) is 68.6 cm³/mol. The number of carbonyl (C=O) groups is 1. The van der Waals surface area contributed by atoms with Gasteiger partial charge in [0.25, 0.3) is 5.91 Å². The van der Waals surface area contributed by atoms with E-state index >= 15 is 0 Å². The number of carbonyl (C=O) groups excluding carboxylic acids is 1. The average molecular weight is 279 g/mol. The van der Waals surface area contributed by atoms with Gasteiger partial charge in [-0.25, -0.2) is 9.37 Å². The summed E-state index contributed by atoms with van der Waals surface area (Å²) in [6.45, 7) is 4.03. The maximum Gasteiger partial charge on any atom is 0.254 e. The molecular weight excluding hydrogens is 265 g/mol. The monoisotopic (exact) mass is 279 g/mol. The van der Waals surface area contributed by atoms with Crippen LogP contribution in [0.1, 0.15) is 29.0 Å². The van der Waals surface area contributed by atoms with Crippen molar-refractivity contribution in [3.63, 3.8) is 0 Å². The van der Waals surface area contributed by atoms with Crippen molar-refractivity contribution < 1.29 is 13.7 Å². The number of rotatable bonds is 5. The number of amides is 1. The van der Waals surface area contributed by atoms with E-state index in [1.54, 1.807) is 6.92 Å². The van der Waals surface area contributed by atoms with Crippen molar-refractivity contribution >= 4 is 11.7 Å². The van der Waals surface area contributed by atoms with Crippen molar-refractivity contribution in [2.24, 2.45) is 0 Å². The molecule has 2 aromatic rings. The van der Waals surface area contributed by atoms with Crippen molar-refractivity contribution in [1.29, 1.82) is 0 Å². The standard InChI is InChI=1S/C12H14FN5O2/c1-3-14-11-10(13)8(4-5-15-11)12(19)16-6-9-17-7(2)18-20-9/h4-5H,3,6H2,1-2H3,(H,14,15)(H,16,19). The van der Waals surface area contributed by atoms with Gasteiger partial charge in [0.15, 0.2) is 17.5 Å². The number of hydrogen-bond acceptors (Lipinski definition) is 6. The molecule has 1 amide bonds. The summed E-state index contributed by atoms with van der Waals surface area (Å²) in [4.78, 5) is 19.7. The van der Waals surface area contributed by atoms with E-state index < -0.39 is 11.7 Å². The lowest BCUT2D eigenvalue weighted by molar-refractivity contribution is 0.0942. The molecule has 2 aromatic heterocycles. The third-order valence-electron chi connectivity index (χ3n) is 2.45. The highest BCUT2D eigenvalue weighted by Gasteiger charge is 2.16. The third kappa shape index (κ3) is 3.08. The van der Waals surface area contributed by atoms with Crippen LogP contribution in [0.15, 0.2) is 16.8 Å². The molecule has 0 aromatic carbocycles. The van der Waals surface area contributed by atoms with Gasteiger partial charge < -0.3 is 15.2 Å². The largest absolute Gasteiger partial charge is 0.368 e. The molecule has 0 spiro atoms. The lowest BCUT2D eigenvalue weighted by Crippen LogP contribution is -2.24. The zero-order valence-corrected chi connectivity index (χ0v) is 11.1. The number of nitrogens with one attached hydrogen (secondary N) is 2. The topological polar surface area (TPSA) is 92.9 Å². The molecule has 0 aliphatic rings. The Hall–Kier alpha value is -2.51. The fourth-order valence-electron chi connectivity index (χ4n) is 1.57. The fraction of sp³-hybridized carbons (Fsp3) is 0.333. The van der Waals surface area contributed by atoms with Gasteiger partial charge in [0.05, 0.1) is 12.1 Å². The maximum atomic E-state index is 14.0. The number of anilines is 1. The Kier molecular flexibility index (Phi) is 4.24. The summed E-state index contributed by atoms with van der Waals surface area (Å²) in [5.41, 5.74) is -0.0906. The van der Waals surface area contributed by atoms with Gasteiger partial charge in [-0.1, -0.05) is 5.16 Å². The Morgan fingerprint density at radius 1 is 1.50 bits per heavy atom. The van der Waals surface area contributed by atoms with Crippen LogP contribution in [-0.4, -0.2) is 27.6 Å². The van der Waals surface area contributed by atoms with Gasteiger partial charge in [-0.2, -0.15) is 4.98 Å². The zero-order chi connectivity index (χ0) is 14.5. The lowest BCUT2D eigenvalue weighted by Gasteiger charge is -2.07. The first-order valence-electron chi connectivity index (χ1n) is 6.07. The van der Waals surface area contributed by atoms with E-state index in [9.17, 15) is 9.18 Å². The number of nitrogens with zero attached hydrogens (tertiary/aromatic N) is 3. The van der Waals surface area contributed by atoms with Crippen LogP contribution >= 0.6 is 0 Å². The van der Waals surface area contributed by atoms with Crippen molar-refractivity contribution in [2.75, 3.05) is 11.9 Å². The number of halogens is 1. The van der Waals surface area contributed by atoms with E-state index in [1.807, 2.05) is 6.92 Å². The highest BCUT2D eigenvalue weighted by molar-refractivity contribution is 5.95. The second-order valence-corrected chi connectivity index (χ2v) is 3.97. The van der Waals surface area contributed by atoms with E-state index in [2.05, 4.69) is 25.8 Å². The molecule has 0 radical (unpaired) electrons. The van der Waals surface area contributed by atoms with Gasteiger partial charge in [0.2, 0.25) is 5.89 Å². The Bertz CT molecular complexity index is 614. The quantitative estimate of drug-likeness (QED) is 0.856. The van der Waals surface area contributed by atoms with Crippen LogP contribution in [0.2, 0.25) is 0 Å². The van der Waals surface area contributed by atoms with E-state index in [0.29, 0.717) is 12.4 Å². The van der Waals surface area contributed by atoms with Crippen LogP contribution in [0.5, 0.6) is 0 Å². The Labute approximate surface area is 114 Å². The molecule has 0 saturated heterocycles. The van der Waals surface area contributed by atoms with Gasteiger partial charge in [-0.05, 0) is 19.9 Å². The molecule has 2 rings (SSSR count). The Balaban J connectivity index is 2.07. The second kappa shape index (κ2) is 6.09. The second-order valence-electron chi connectivity index (χ2n) is 3.97. The molecule has 0 saturated carbocycles. The average Bonchev–Trinajstić information content (AvgIpc) is 2.84. The molecule has 8 heteroatoms. The molecule has 2 heterocycles. The van der Waals surface area contributed by atoms with Crippen LogP contribution in [0.3, 0.4) is 0 Å². The molecule has 0 fully saturated rings. The molecule has 106 valence electrons. The number of aromatic nitrogens is 3. The van der Waals surface area contributed by atoms with E-state index in [4.69, 9.17) is 4.52 Å². The highest BCUT2D eigenvalue weighted by Crippen LogP contribution is 2.14. The SMILES string of the molecule is CCNc1nccc(C(=O)NCc2nc(C)no2)c1F. The molecule has 0 aliphatic heterocycles. The predicted octanol–water partition coefficient (Wildman–Crippen LogP) is 1.27. The van der Waals surface area contributed by atoms with E-state index in [-0.39, 0.29) is 23.8 Å². The van der Waals surface area contributed by atoms with Gasteiger partial charge >= 0.3 is 0 Å². The number of aryl methyl sites for hydroxylation is 1. The summed E-state index contributed by atoms with van der Waals surface area (Å²) >= 11 is 0.